The van der Waals surface area contributed by atoms with Crippen LogP contribution in [0.3, 0.4) is 0 Å². The van der Waals surface area contributed by atoms with Crippen LogP contribution < -0.4 is 5.32 Å². The molecule has 0 saturated carbocycles. The Morgan fingerprint density at radius 3 is 2.68 bits per heavy atom. The highest BCUT2D eigenvalue weighted by Gasteiger charge is 2.09. The summed E-state index contributed by atoms with van der Waals surface area (Å²) in [5.74, 6) is -0.00901. The summed E-state index contributed by atoms with van der Waals surface area (Å²) >= 11 is 3.33. The van der Waals surface area contributed by atoms with Crippen molar-refractivity contribution < 1.29 is 4.79 Å². The fourth-order valence-electron chi connectivity index (χ4n) is 2.04. The molecule has 2 aromatic heterocycles. The van der Waals surface area contributed by atoms with Crippen molar-refractivity contribution in [3.8, 4) is 21.1 Å². The zero-order chi connectivity index (χ0) is 15.5. The number of carbonyl (C=O) groups is 1. The van der Waals surface area contributed by atoms with Gasteiger partial charge in [0.05, 0.1) is 17.1 Å². The minimum absolute atomic E-state index is 0.00901. The number of hydrogen-bond donors (Lipinski definition) is 1. The van der Waals surface area contributed by atoms with Crippen molar-refractivity contribution in [1.29, 1.82) is 0 Å². The summed E-state index contributed by atoms with van der Waals surface area (Å²) in [6.07, 6.45) is 0. The van der Waals surface area contributed by atoms with Crippen molar-refractivity contribution in [2.75, 3.05) is 0 Å². The molecule has 3 aromatic rings. The summed E-state index contributed by atoms with van der Waals surface area (Å²) in [6.45, 7) is 4.19. The van der Waals surface area contributed by atoms with Crippen LogP contribution in [0.4, 0.5) is 0 Å². The molecule has 0 radical (unpaired) electrons. The molecule has 0 aliphatic heterocycles. The number of nitrogens with one attached hydrogen (secondary N) is 1. The lowest BCUT2D eigenvalue weighted by Gasteiger charge is -1.97. The van der Waals surface area contributed by atoms with Crippen molar-refractivity contribution in [3.05, 3.63) is 52.2 Å². The average Bonchev–Trinajstić information content (AvgIpc) is 3.15. The zero-order valence-electron chi connectivity index (χ0n) is 12.4. The van der Waals surface area contributed by atoms with Crippen LogP contribution >= 0.6 is 22.7 Å². The fraction of sp³-hybridized carbons (Fsp3) is 0.176. The predicted octanol–water partition coefficient (Wildman–Crippen LogP) is 4.48. The minimum Gasteiger partial charge on any atom is -0.351 e. The largest absolute Gasteiger partial charge is 0.351 e. The number of aryl methyl sites for hydroxylation is 1. The van der Waals surface area contributed by atoms with Crippen LogP contribution in [0, 0.1) is 6.92 Å². The molecule has 0 aliphatic rings. The van der Waals surface area contributed by atoms with E-state index >= 15 is 0 Å². The van der Waals surface area contributed by atoms with Crippen LogP contribution in [0.15, 0.2) is 41.8 Å². The first-order valence-electron chi connectivity index (χ1n) is 6.98. The minimum atomic E-state index is -0.00901. The molecule has 0 atom stereocenters. The fourth-order valence-corrected chi connectivity index (χ4v) is 3.85. The Morgan fingerprint density at radius 1 is 1.18 bits per heavy atom. The predicted molar refractivity (Wildman–Crippen MR) is 93.1 cm³/mol. The number of hydrogen-bond acceptors (Lipinski definition) is 4. The van der Waals surface area contributed by atoms with E-state index in [0.29, 0.717) is 6.54 Å². The maximum atomic E-state index is 11.0. The van der Waals surface area contributed by atoms with Crippen LogP contribution in [0.2, 0.25) is 0 Å². The molecule has 0 bridgehead atoms. The third kappa shape index (κ3) is 3.43. The zero-order valence-corrected chi connectivity index (χ0v) is 14.1. The topological polar surface area (TPSA) is 42.0 Å². The molecule has 0 aliphatic carbocycles. The highest BCUT2D eigenvalue weighted by molar-refractivity contribution is 7.16. The summed E-state index contributed by atoms with van der Waals surface area (Å²) in [5, 5.41) is 5.94. The summed E-state index contributed by atoms with van der Waals surface area (Å²) in [7, 11) is 0. The molecular weight excluding hydrogens is 312 g/mol. The first-order valence-corrected chi connectivity index (χ1v) is 8.67. The van der Waals surface area contributed by atoms with E-state index < -0.39 is 0 Å². The Balaban J connectivity index is 1.79. The van der Waals surface area contributed by atoms with Crippen LogP contribution in [0.25, 0.3) is 21.1 Å². The van der Waals surface area contributed by atoms with Crippen LogP contribution in [0.1, 0.15) is 17.4 Å². The van der Waals surface area contributed by atoms with Gasteiger partial charge in [0.2, 0.25) is 5.91 Å². The molecule has 0 spiro atoms. The maximum absolute atomic E-state index is 11.0. The molecule has 1 N–H and O–H groups in total. The SMILES string of the molecule is CC(=O)NCc1ccc(-c2csc(-c3ccc(C)cc3)n2)s1. The third-order valence-corrected chi connectivity index (χ3v) is 5.23. The molecule has 0 unspecified atom stereocenters. The number of aromatic nitrogens is 1. The van der Waals surface area contributed by atoms with Gasteiger partial charge < -0.3 is 5.32 Å². The van der Waals surface area contributed by atoms with E-state index in [9.17, 15) is 4.79 Å². The van der Waals surface area contributed by atoms with Gasteiger partial charge in [-0.05, 0) is 19.1 Å². The molecule has 3 rings (SSSR count). The van der Waals surface area contributed by atoms with Gasteiger partial charge in [0.15, 0.2) is 0 Å². The smallest absolute Gasteiger partial charge is 0.217 e. The second-order valence-corrected chi connectivity index (χ2v) is 7.11. The highest BCUT2D eigenvalue weighted by Crippen LogP contribution is 2.32. The van der Waals surface area contributed by atoms with Crippen molar-refractivity contribution in [3.63, 3.8) is 0 Å². The third-order valence-electron chi connectivity index (χ3n) is 3.23. The number of amides is 1. The van der Waals surface area contributed by atoms with Crippen molar-refractivity contribution in [2.45, 2.75) is 20.4 Å². The summed E-state index contributed by atoms with van der Waals surface area (Å²) in [4.78, 5) is 18.0. The second-order valence-electron chi connectivity index (χ2n) is 5.08. The van der Waals surface area contributed by atoms with Crippen LogP contribution in [-0.4, -0.2) is 10.9 Å². The van der Waals surface area contributed by atoms with E-state index in [2.05, 4.69) is 48.0 Å². The summed E-state index contributed by atoms with van der Waals surface area (Å²) < 4.78 is 0. The van der Waals surface area contributed by atoms with Crippen molar-refractivity contribution in [1.82, 2.24) is 10.3 Å². The lowest BCUT2D eigenvalue weighted by Crippen LogP contribution is -2.17. The molecule has 22 heavy (non-hydrogen) atoms. The van der Waals surface area contributed by atoms with Crippen LogP contribution in [0.5, 0.6) is 0 Å². The van der Waals surface area contributed by atoms with Gasteiger partial charge in [-0.2, -0.15) is 0 Å². The van der Waals surface area contributed by atoms with E-state index in [0.717, 1.165) is 26.0 Å². The van der Waals surface area contributed by atoms with Gasteiger partial charge in [-0.25, -0.2) is 4.98 Å². The van der Waals surface area contributed by atoms with E-state index in [1.165, 1.54) is 12.5 Å². The normalized spacial score (nSPS) is 10.6. The average molecular weight is 328 g/mol. The first-order chi connectivity index (χ1) is 10.6. The lowest BCUT2D eigenvalue weighted by molar-refractivity contribution is -0.119. The Labute approximate surface area is 137 Å². The molecule has 2 heterocycles. The standard InChI is InChI=1S/C17H16N2OS2/c1-11-3-5-13(6-4-11)17-19-15(10-21-17)16-8-7-14(22-16)9-18-12(2)20/h3-8,10H,9H2,1-2H3,(H,18,20). The van der Waals surface area contributed by atoms with E-state index in [-0.39, 0.29) is 5.91 Å². The maximum Gasteiger partial charge on any atom is 0.217 e. The van der Waals surface area contributed by atoms with E-state index in [4.69, 9.17) is 4.98 Å². The molecule has 1 aromatic carbocycles. The quantitative estimate of drug-likeness (QED) is 0.767. The molecule has 5 heteroatoms. The lowest BCUT2D eigenvalue weighted by atomic mass is 10.2. The number of rotatable bonds is 4. The number of benzene rings is 1. The van der Waals surface area contributed by atoms with E-state index in [1.807, 2.05) is 6.07 Å². The summed E-state index contributed by atoms with van der Waals surface area (Å²) in [5.41, 5.74) is 3.40. The molecule has 1 amide bonds. The first kappa shape index (κ1) is 14.9. The Hall–Kier alpha value is -1.98. The van der Waals surface area contributed by atoms with Gasteiger partial charge in [0.1, 0.15) is 5.01 Å². The van der Waals surface area contributed by atoms with Crippen molar-refractivity contribution in [2.24, 2.45) is 0 Å². The van der Waals surface area contributed by atoms with Crippen molar-refractivity contribution >= 4 is 28.6 Å². The molecule has 0 fully saturated rings. The summed E-state index contributed by atoms with van der Waals surface area (Å²) in [6, 6.07) is 12.5. The van der Waals surface area contributed by atoms with Gasteiger partial charge in [0.25, 0.3) is 0 Å². The molecule has 0 saturated heterocycles. The Morgan fingerprint density at radius 2 is 1.95 bits per heavy atom. The second kappa shape index (κ2) is 6.42. The van der Waals surface area contributed by atoms with Gasteiger partial charge in [-0.3, -0.25) is 4.79 Å². The van der Waals surface area contributed by atoms with Crippen LogP contribution in [-0.2, 0) is 11.3 Å². The number of thiophene rings is 1. The Bertz CT molecular complexity index is 787. The molecule has 112 valence electrons. The molecule has 3 nitrogen and oxygen atoms in total. The number of thiazole rings is 1. The Kier molecular flexibility index (Phi) is 4.36. The number of nitrogens with zero attached hydrogens (tertiary/aromatic N) is 1. The van der Waals surface area contributed by atoms with Gasteiger partial charge in [-0.1, -0.05) is 29.8 Å². The molecular formula is C17H16N2OS2. The highest BCUT2D eigenvalue weighted by atomic mass is 32.1. The monoisotopic (exact) mass is 328 g/mol. The number of carbonyl (C=O) groups excluding carboxylic acids is 1. The van der Waals surface area contributed by atoms with Gasteiger partial charge >= 0.3 is 0 Å². The van der Waals surface area contributed by atoms with Gasteiger partial charge in [-0.15, -0.1) is 22.7 Å². The van der Waals surface area contributed by atoms with E-state index in [1.54, 1.807) is 22.7 Å². The van der Waals surface area contributed by atoms with Gasteiger partial charge in [0, 0.05) is 22.7 Å².